The Morgan fingerprint density at radius 2 is 1.09 bits per heavy atom. The van der Waals surface area contributed by atoms with Crippen molar-refractivity contribution in [1.29, 1.82) is 0 Å². The van der Waals surface area contributed by atoms with Crippen molar-refractivity contribution >= 4 is 65.3 Å². The molecule has 0 aliphatic rings. The first kappa shape index (κ1) is 19.8. The van der Waals surface area contributed by atoms with Gasteiger partial charge in [-0.15, -0.1) is 0 Å². The maximum Gasteiger partial charge on any atom is 0.238 e. The van der Waals surface area contributed by atoms with E-state index in [0.29, 0.717) is 28.4 Å². The zero-order chi connectivity index (χ0) is 35.4. The van der Waals surface area contributed by atoms with Crippen molar-refractivity contribution in [3.63, 3.8) is 0 Å². The summed E-state index contributed by atoms with van der Waals surface area (Å²) in [5.41, 5.74) is 3.10. The average molecular weight is 595 g/mol. The van der Waals surface area contributed by atoms with Gasteiger partial charge in [-0.05, 0) is 57.9 Å². The highest BCUT2D eigenvalue weighted by molar-refractivity contribution is 6.10. The zero-order valence-electron chi connectivity index (χ0n) is 30.1. The van der Waals surface area contributed by atoms with Gasteiger partial charge in [-0.1, -0.05) is 109 Å². The molecule has 0 amide bonds. The highest BCUT2D eigenvalue weighted by Crippen LogP contribution is 2.35. The van der Waals surface area contributed by atoms with Crippen molar-refractivity contribution in [2.45, 2.75) is 0 Å². The summed E-state index contributed by atoms with van der Waals surface area (Å²) < 4.78 is 60.2. The summed E-state index contributed by atoms with van der Waals surface area (Å²) in [6, 6.07) is 33.5. The second-order valence-corrected chi connectivity index (χ2v) is 11.2. The van der Waals surface area contributed by atoms with E-state index in [2.05, 4.69) is 24.3 Å². The van der Waals surface area contributed by atoms with Gasteiger partial charge in [0.15, 0.2) is 11.6 Å². The SMILES string of the molecule is [2H]c1cc([2H])c2c(c1[2H])c1c([2H])c([2H])cc([2H])c1n2-c1nc(-c2ccc3c(c2)oc2ccccc23)nc(-c2ccc3ccc4ccccc4c3c2)n1. The van der Waals surface area contributed by atoms with Gasteiger partial charge in [0.2, 0.25) is 5.95 Å². The van der Waals surface area contributed by atoms with Gasteiger partial charge in [-0.2, -0.15) is 9.97 Å². The van der Waals surface area contributed by atoms with Crippen LogP contribution in [0.2, 0.25) is 0 Å². The summed E-state index contributed by atoms with van der Waals surface area (Å²) in [7, 11) is 0. The van der Waals surface area contributed by atoms with Crippen LogP contribution in [0.15, 0.2) is 150 Å². The number of benzene rings is 7. The van der Waals surface area contributed by atoms with Crippen molar-refractivity contribution in [3.8, 4) is 28.7 Å². The molecule has 0 aliphatic heterocycles. The van der Waals surface area contributed by atoms with E-state index in [1.54, 1.807) is 0 Å². The van der Waals surface area contributed by atoms with Gasteiger partial charge >= 0.3 is 0 Å². The Balaban J connectivity index is 1.31. The van der Waals surface area contributed by atoms with E-state index in [1.807, 2.05) is 72.8 Å². The van der Waals surface area contributed by atoms with Crippen LogP contribution >= 0.6 is 0 Å². The third-order valence-electron chi connectivity index (χ3n) is 8.59. The summed E-state index contributed by atoms with van der Waals surface area (Å²) in [6.07, 6.45) is 0. The molecule has 214 valence electrons. The third-order valence-corrected chi connectivity index (χ3v) is 8.59. The third kappa shape index (κ3) is 3.72. The van der Waals surface area contributed by atoms with Gasteiger partial charge < -0.3 is 4.42 Å². The number of para-hydroxylation sites is 3. The van der Waals surface area contributed by atoms with E-state index in [0.717, 1.165) is 37.9 Å². The smallest absolute Gasteiger partial charge is 0.238 e. The molecule has 0 aliphatic carbocycles. The monoisotopic (exact) mass is 594 g/mol. The first-order valence-electron chi connectivity index (χ1n) is 17.9. The fraction of sp³-hybridized carbons (Fsp3) is 0. The lowest BCUT2D eigenvalue weighted by atomic mass is 10.00. The predicted octanol–water partition coefficient (Wildman–Crippen LogP) is 10.5. The van der Waals surface area contributed by atoms with E-state index < -0.39 is 0 Å². The molecule has 3 heterocycles. The lowest BCUT2D eigenvalue weighted by Gasteiger charge is -2.12. The normalized spacial score (nSPS) is 13.7. The van der Waals surface area contributed by atoms with Crippen LogP contribution in [0.1, 0.15) is 8.22 Å². The Kier molecular flexibility index (Phi) is 4.13. The van der Waals surface area contributed by atoms with Crippen molar-refractivity contribution in [2.75, 3.05) is 0 Å². The molecule has 10 rings (SSSR count). The van der Waals surface area contributed by atoms with Crippen molar-refractivity contribution in [2.24, 2.45) is 0 Å². The van der Waals surface area contributed by atoms with Crippen LogP contribution in [0.25, 0.3) is 94.0 Å². The predicted molar refractivity (Wildman–Crippen MR) is 187 cm³/mol. The molecule has 10 aromatic rings. The van der Waals surface area contributed by atoms with E-state index in [9.17, 15) is 0 Å². The Morgan fingerprint density at radius 1 is 0.478 bits per heavy atom. The zero-order valence-corrected chi connectivity index (χ0v) is 24.1. The molecule has 0 saturated carbocycles. The fourth-order valence-electron chi connectivity index (χ4n) is 6.44. The molecule has 0 N–H and O–H groups in total. The lowest BCUT2D eigenvalue weighted by molar-refractivity contribution is 0.669. The van der Waals surface area contributed by atoms with Gasteiger partial charge in [0.25, 0.3) is 0 Å². The van der Waals surface area contributed by atoms with Crippen LogP contribution < -0.4 is 0 Å². The van der Waals surface area contributed by atoms with Gasteiger partial charge in [0.1, 0.15) is 11.2 Å². The summed E-state index contributed by atoms with van der Waals surface area (Å²) in [5, 5.41) is 6.43. The molecule has 3 aromatic heterocycles. The molecule has 0 bridgehead atoms. The van der Waals surface area contributed by atoms with Crippen LogP contribution in [-0.2, 0) is 0 Å². The highest BCUT2D eigenvalue weighted by Gasteiger charge is 2.18. The van der Waals surface area contributed by atoms with E-state index in [-0.39, 0.29) is 64.0 Å². The minimum Gasteiger partial charge on any atom is -0.456 e. The Labute approximate surface area is 271 Å². The number of hydrogen-bond donors (Lipinski definition) is 0. The standard InChI is InChI=1S/C41H24N4O/c1-2-10-29-25(9-1)17-18-26-19-20-27(23-34(26)29)39-42-40(28-21-22-33-32-13-5-8-16-37(32)46-38(33)24-28)44-41(43-39)45-35-14-6-3-11-30(35)31-12-4-7-15-36(31)45/h1-24H/i3D,4D,11D,12D,14D,15D. The summed E-state index contributed by atoms with van der Waals surface area (Å²) in [5.74, 6) is 0.706. The Morgan fingerprint density at radius 3 is 1.87 bits per heavy atom. The summed E-state index contributed by atoms with van der Waals surface area (Å²) >= 11 is 0. The molecule has 0 atom stereocenters. The van der Waals surface area contributed by atoms with Crippen LogP contribution in [0.4, 0.5) is 0 Å². The molecular weight excluding hydrogens is 564 g/mol. The Bertz CT molecular complexity index is 3100. The Hall–Kier alpha value is -6.33. The molecule has 0 unspecified atom stereocenters. The van der Waals surface area contributed by atoms with E-state index in [1.165, 1.54) is 16.7 Å². The second kappa shape index (κ2) is 9.58. The molecular formula is C41H24N4O. The highest BCUT2D eigenvalue weighted by atomic mass is 16.3. The summed E-state index contributed by atoms with van der Waals surface area (Å²) in [6.45, 7) is 0. The van der Waals surface area contributed by atoms with Gasteiger partial charge in [0.05, 0.1) is 19.3 Å². The maximum absolute atomic E-state index is 8.99. The molecule has 0 spiro atoms. The summed E-state index contributed by atoms with van der Waals surface area (Å²) in [4.78, 5) is 14.9. The molecule has 0 fully saturated rings. The first-order chi connectivity index (χ1) is 25.2. The van der Waals surface area contributed by atoms with Gasteiger partial charge in [0, 0.05) is 32.7 Å². The fourth-order valence-corrected chi connectivity index (χ4v) is 6.44. The van der Waals surface area contributed by atoms with Crippen LogP contribution in [0.3, 0.4) is 0 Å². The average Bonchev–Trinajstić information content (AvgIpc) is 3.73. The van der Waals surface area contributed by atoms with Crippen LogP contribution in [0.5, 0.6) is 0 Å². The number of nitrogens with zero attached hydrogens (tertiary/aromatic N) is 4. The minimum atomic E-state index is -0.209. The number of furan rings is 1. The van der Waals surface area contributed by atoms with Crippen molar-refractivity contribution in [1.82, 2.24) is 19.5 Å². The molecule has 46 heavy (non-hydrogen) atoms. The largest absolute Gasteiger partial charge is 0.456 e. The van der Waals surface area contributed by atoms with Gasteiger partial charge in [-0.25, -0.2) is 4.98 Å². The van der Waals surface area contributed by atoms with E-state index >= 15 is 0 Å². The first-order valence-corrected chi connectivity index (χ1v) is 14.9. The number of aromatic nitrogens is 4. The molecule has 7 aromatic carbocycles. The lowest BCUT2D eigenvalue weighted by Crippen LogP contribution is -2.06. The van der Waals surface area contributed by atoms with E-state index in [4.69, 9.17) is 27.6 Å². The van der Waals surface area contributed by atoms with Crippen molar-refractivity contribution < 1.29 is 12.6 Å². The molecule has 0 radical (unpaired) electrons. The second-order valence-electron chi connectivity index (χ2n) is 11.2. The van der Waals surface area contributed by atoms with Crippen LogP contribution in [-0.4, -0.2) is 19.5 Å². The van der Waals surface area contributed by atoms with Gasteiger partial charge in [-0.3, -0.25) is 4.57 Å². The van der Waals surface area contributed by atoms with Crippen molar-refractivity contribution in [3.05, 3.63) is 145 Å². The molecule has 5 heteroatoms. The maximum atomic E-state index is 8.99. The number of fused-ring (bicyclic) bond motifs is 9. The van der Waals surface area contributed by atoms with Crippen LogP contribution in [0, 0.1) is 0 Å². The number of hydrogen-bond acceptors (Lipinski definition) is 4. The molecule has 5 nitrogen and oxygen atoms in total. The quantitative estimate of drug-likeness (QED) is 0.191. The minimum absolute atomic E-state index is 0.0685. The molecule has 0 saturated heterocycles. The topological polar surface area (TPSA) is 56.7 Å². The number of rotatable bonds is 3.